The molecule has 0 spiro atoms. The largest absolute Gasteiger partial charge is 0.338 e. The van der Waals surface area contributed by atoms with E-state index in [0.29, 0.717) is 11.8 Å². The first kappa shape index (κ1) is 31.0. The van der Waals surface area contributed by atoms with E-state index < -0.39 is 7.44 Å². The molecule has 10 aromatic rings. The summed E-state index contributed by atoms with van der Waals surface area (Å²) in [6, 6.07) is 62.5. The second kappa shape index (κ2) is 12.4. The summed E-state index contributed by atoms with van der Waals surface area (Å²) >= 11 is 0. The van der Waals surface area contributed by atoms with Crippen molar-refractivity contribution in [2.75, 3.05) is 4.90 Å². The molecule has 0 saturated heterocycles. The fourth-order valence-corrected chi connectivity index (χ4v) is 10.3. The second-order valence-corrected chi connectivity index (χ2v) is 15.2. The highest BCUT2D eigenvalue weighted by molar-refractivity contribution is 7.69. The minimum Gasteiger partial charge on any atom is -0.279 e. The summed E-state index contributed by atoms with van der Waals surface area (Å²) in [6.45, 7) is 0. The van der Waals surface area contributed by atoms with E-state index in [1.807, 2.05) is 177 Å². The maximum absolute atomic E-state index is 17.4. The lowest BCUT2D eigenvalue weighted by molar-refractivity contribution is 0.571. The zero-order valence-corrected chi connectivity index (χ0v) is 29.3. The summed E-state index contributed by atoms with van der Waals surface area (Å²) < 4.78 is 21.4. The summed E-state index contributed by atoms with van der Waals surface area (Å²) in [5.74, 6) is 0.775. The number of rotatable bonds is 7. The van der Waals surface area contributed by atoms with Crippen molar-refractivity contribution in [3.63, 3.8) is 0 Å². The van der Waals surface area contributed by atoms with Gasteiger partial charge in [0.25, 0.3) is 0 Å². The second-order valence-electron chi connectivity index (χ2n) is 12.9. The maximum Gasteiger partial charge on any atom is 0.338 e. The van der Waals surface area contributed by atoms with Crippen molar-refractivity contribution in [1.29, 1.82) is 0 Å². The summed E-state index contributed by atoms with van der Waals surface area (Å²) in [5, 5.41) is 3.99. The molecule has 0 N–H and O–H groups in total. The fourth-order valence-electron chi connectivity index (χ4n) is 7.49. The van der Waals surface area contributed by atoms with Crippen molar-refractivity contribution in [2.45, 2.75) is 0 Å². The number of aromatic nitrogens is 5. The molecule has 0 amide bonds. The van der Waals surface area contributed by atoms with Crippen molar-refractivity contribution in [2.24, 2.45) is 0 Å². The smallest absolute Gasteiger partial charge is 0.279 e. The van der Waals surface area contributed by atoms with Crippen LogP contribution in [0.25, 0.3) is 55.0 Å². The quantitative estimate of drug-likeness (QED) is 0.155. The van der Waals surface area contributed by atoms with Gasteiger partial charge in [0.2, 0.25) is 11.5 Å². The Bertz CT molecular complexity index is 2730. The SMILES string of the molecule is O=P(c1nc(-c2ccccc2)nc(N(c2ccccc2)c2ccccc2)n1)(n1c2ccccc2c2ccccc21)n1c2ccccc2c2ccccc21. The van der Waals surface area contributed by atoms with Crippen LogP contribution in [-0.2, 0) is 4.57 Å². The van der Waals surface area contributed by atoms with Gasteiger partial charge in [0, 0.05) is 38.5 Å². The standard InChI is InChI=1S/C45H31N6OP/c52-53(50-39-28-14-10-24-35(39)36-25-11-15-29-40(36)50,51-41-30-16-12-26-37(41)38-27-13-17-31-42(38)51)45-47-43(32-18-4-1-5-19-32)46-44(48-45)49(33-20-6-2-7-21-33)34-22-8-3-9-23-34/h1-31H. The number of hydrogen-bond acceptors (Lipinski definition) is 5. The molecule has 0 aliphatic carbocycles. The zero-order valence-electron chi connectivity index (χ0n) is 28.4. The van der Waals surface area contributed by atoms with Crippen molar-refractivity contribution in [3.8, 4) is 11.4 Å². The average Bonchev–Trinajstić information content (AvgIpc) is 3.76. The molecule has 0 unspecified atom stereocenters. The van der Waals surface area contributed by atoms with E-state index in [0.717, 1.165) is 60.5 Å². The van der Waals surface area contributed by atoms with Crippen LogP contribution in [0.4, 0.5) is 17.3 Å². The molecule has 7 nitrogen and oxygen atoms in total. The first-order chi connectivity index (χ1) is 26.2. The molecule has 252 valence electrons. The van der Waals surface area contributed by atoms with Gasteiger partial charge in [-0.3, -0.25) is 18.1 Å². The van der Waals surface area contributed by atoms with Crippen LogP contribution in [0.2, 0.25) is 0 Å². The van der Waals surface area contributed by atoms with Crippen LogP contribution < -0.4 is 10.5 Å². The molecule has 0 aliphatic heterocycles. The number of nitrogens with zero attached hydrogens (tertiary/aromatic N) is 6. The molecule has 10 rings (SSSR count). The Balaban J connectivity index is 1.39. The minimum atomic E-state index is -4.12. The van der Waals surface area contributed by atoms with Gasteiger partial charge >= 0.3 is 7.44 Å². The van der Waals surface area contributed by atoms with E-state index in [4.69, 9.17) is 15.0 Å². The summed E-state index contributed by atoms with van der Waals surface area (Å²) in [6.07, 6.45) is 0. The van der Waals surface area contributed by atoms with Crippen LogP contribution in [0.3, 0.4) is 0 Å². The fraction of sp³-hybridized carbons (Fsp3) is 0. The van der Waals surface area contributed by atoms with Crippen LogP contribution in [0.1, 0.15) is 0 Å². The molecule has 0 bridgehead atoms. The Kier molecular flexibility index (Phi) is 7.27. The lowest BCUT2D eigenvalue weighted by Gasteiger charge is -2.27. The number of para-hydroxylation sites is 6. The molecule has 0 atom stereocenters. The molecule has 3 aromatic heterocycles. The molecule has 0 aliphatic rings. The molecule has 53 heavy (non-hydrogen) atoms. The first-order valence-corrected chi connectivity index (χ1v) is 19.1. The van der Waals surface area contributed by atoms with Gasteiger partial charge in [0.15, 0.2) is 5.82 Å². The highest BCUT2D eigenvalue weighted by atomic mass is 31.2. The van der Waals surface area contributed by atoms with Gasteiger partial charge in [-0.25, -0.2) is 4.98 Å². The van der Waals surface area contributed by atoms with Crippen molar-refractivity contribution in [3.05, 3.63) is 188 Å². The van der Waals surface area contributed by atoms with E-state index in [1.54, 1.807) is 0 Å². The Morgan fingerprint density at radius 1 is 0.396 bits per heavy atom. The van der Waals surface area contributed by atoms with Gasteiger partial charge in [-0.2, -0.15) is 9.97 Å². The van der Waals surface area contributed by atoms with Crippen LogP contribution in [-0.4, -0.2) is 23.6 Å². The summed E-state index contributed by atoms with van der Waals surface area (Å²) in [7, 11) is -4.12. The molecular weight excluding hydrogens is 672 g/mol. The molecular formula is C45H31N6OP. The van der Waals surface area contributed by atoms with Crippen molar-refractivity contribution < 1.29 is 4.57 Å². The molecule has 0 radical (unpaired) electrons. The molecule has 8 heteroatoms. The third-order valence-electron chi connectivity index (χ3n) is 9.78. The Morgan fingerprint density at radius 3 is 1.17 bits per heavy atom. The predicted molar refractivity (Wildman–Crippen MR) is 217 cm³/mol. The highest BCUT2D eigenvalue weighted by Gasteiger charge is 2.40. The predicted octanol–water partition coefficient (Wildman–Crippen LogP) is 11.1. The summed E-state index contributed by atoms with van der Waals surface area (Å²) in [5.41, 5.74) is 5.97. The minimum absolute atomic E-state index is 0.163. The molecule has 7 aromatic carbocycles. The number of hydrogen-bond donors (Lipinski definition) is 0. The van der Waals surface area contributed by atoms with Crippen LogP contribution >= 0.6 is 7.44 Å². The molecule has 0 fully saturated rings. The number of anilines is 3. The topological polar surface area (TPSA) is 68.8 Å². The van der Waals surface area contributed by atoms with Crippen molar-refractivity contribution in [1.82, 2.24) is 23.6 Å². The normalized spacial score (nSPS) is 11.8. The van der Waals surface area contributed by atoms with Crippen LogP contribution in [0.5, 0.6) is 0 Å². The third-order valence-corrected chi connectivity index (χ3v) is 12.5. The lowest BCUT2D eigenvalue weighted by Crippen LogP contribution is -2.27. The highest BCUT2D eigenvalue weighted by Crippen LogP contribution is 2.56. The lowest BCUT2D eigenvalue weighted by atomic mass is 10.2. The molecule has 3 heterocycles. The Morgan fingerprint density at radius 2 is 0.755 bits per heavy atom. The number of benzene rings is 7. The van der Waals surface area contributed by atoms with Gasteiger partial charge in [-0.1, -0.05) is 140 Å². The van der Waals surface area contributed by atoms with Crippen LogP contribution in [0, 0.1) is 0 Å². The van der Waals surface area contributed by atoms with Crippen LogP contribution in [0.15, 0.2) is 188 Å². The maximum atomic E-state index is 17.4. The van der Waals surface area contributed by atoms with Gasteiger partial charge in [0.05, 0.1) is 22.1 Å². The average molecular weight is 703 g/mol. The third kappa shape index (κ3) is 4.90. The molecule has 0 saturated carbocycles. The van der Waals surface area contributed by atoms with Gasteiger partial charge in [-0.05, 0) is 48.5 Å². The van der Waals surface area contributed by atoms with Crippen molar-refractivity contribution >= 4 is 73.9 Å². The van der Waals surface area contributed by atoms with Gasteiger partial charge in [-0.15, -0.1) is 0 Å². The first-order valence-electron chi connectivity index (χ1n) is 17.5. The Labute approximate surface area is 305 Å². The van der Waals surface area contributed by atoms with E-state index in [9.17, 15) is 0 Å². The van der Waals surface area contributed by atoms with E-state index in [-0.39, 0.29) is 5.57 Å². The van der Waals surface area contributed by atoms with Gasteiger partial charge in [0.1, 0.15) is 0 Å². The van der Waals surface area contributed by atoms with Gasteiger partial charge < -0.3 is 0 Å². The Hall–Kier alpha value is -6.82. The number of fused-ring (bicyclic) bond motifs is 6. The summed E-state index contributed by atoms with van der Waals surface area (Å²) in [4.78, 5) is 17.7. The van der Waals surface area contributed by atoms with E-state index in [2.05, 4.69) is 24.3 Å². The zero-order chi connectivity index (χ0) is 35.4. The van der Waals surface area contributed by atoms with E-state index >= 15 is 4.57 Å². The monoisotopic (exact) mass is 702 g/mol. The van der Waals surface area contributed by atoms with E-state index in [1.165, 1.54) is 0 Å².